The van der Waals surface area contributed by atoms with Gasteiger partial charge in [-0.2, -0.15) is 0 Å². The van der Waals surface area contributed by atoms with Gasteiger partial charge in [-0.25, -0.2) is 4.98 Å². The number of pyridine rings is 1. The third-order valence-corrected chi connectivity index (χ3v) is 4.29. The molecule has 0 aromatic carbocycles. The van der Waals surface area contributed by atoms with E-state index in [4.69, 9.17) is 27.9 Å². The summed E-state index contributed by atoms with van der Waals surface area (Å²) in [6, 6.07) is 1.68. The van der Waals surface area contributed by atoms with Crippen molar-refractivity contribution in [3.8, 4) is 0 Å². The summed E-state index contributed by atoms with van der Waals surface area (Å²) in [6.07, 6.45) is 5.35. The molecule has 3 heterocycles. The first-order chi connectivity index (χ1) is 10.6. The molecular formula is C15H17Cl2N3O2. The Kier molecular flexibility index (Phi) is 4.74. The highest BCUT2D eigenvalue weighted by Crippen LogP contribution is 2.27. The first kappa shape index (κ1) is 15.4. The Hall–Kier alpha value is -1.46. The Morgan fingerprint density at radius 1 is 1.23 bits per heavy atom. The van der Waals surface area contributed by atoms with E-state index in [1.807, 2.05) is 11.0 Å². The van der Waals surface area contributed by atoms with Crippen LogP contribution in [0.15, 0.2) is 24.1 Å². The van der Waals surface area contributed by atoms with E-state index < -0.39 is 0 Å². The monoisotopic (exact) mass is 341 g/mol. The summed E-state index contributed by atoms with van der Waals surface area (Å²) >= 11 is 12.1. The van der Waals surface area contributed by atoms with Crippen LogP contribution in [0.25, 0.3) is 0 Å². The molecule has 2 aliphatic rings. The number of hydrogen-bond acceptors (Lipinski definition) is 4. The van der Waals surface area contributed by atoms with E-state index in [1.54, 1.807) is 12.3 Å². The molecule has 0 spiro atoms. The summed E-state index contributed by atoms with van der Waals surface area (Å²) in [5.41, 5.74) is 0. The van der Waals surface area contributed by atoms with Crippen molar-refractivity contribution in [3.63, 3.8) is 0 Å². The van der Waals surface area contributed by atoms with Crippen molar-refractivity contribution in [1.82, 2.24) is 9.88 Å². The van der Waals surface area contributed by atoms with Crippen LogP contribution in [-0.2, 0) is 9.53 Å². The average molecular weight is 342 g/mol. The maximum Gasteiger partial charge on any atom is 0.288 e. The highest BCUT2D eigenvalue weighted by molar-refractivity contribution is 6.36. The SMILES string of the molecule is O=C(C1=CCCCO1)N1CCN(c2ncc(Cl)cc2Cl)CC1. The van der Waals surface area contributed by atoms with E-state index in [0.717, 1.165) is 12.8 Å². The molecule has 2 aliphatic heterocycles. The summed E-state index contributed by atoms with van der Waals surface area (Å²) in [5.74, 6) is 1.18. The van der Waals surface area contributed by atoms with Crippen molar-refractivity contribution in [2.45, 2.75) is 12.8 Å². The molecule has 1 saturated heterocycles. The fraction of sp³-hybridized carbons (Fsp3) is 0.467. The lowest BCUT2D eigenvalue weighted by atomic mass is 10.2. The van der Waals surface area contributed by atoms with Gasteiger partial charge in [0.2, 0.25) is 0 Å². The molecule has 0 N–H and O–H groups in total. The molecule has 1 amide bonds. The largest absolute Gasteiger partial charge is 0.488 e. The molecule has 0 radical (unpaired) electrons. The topological polar surface area (TPSA) is 45.7 Å². The van der Waals surface area contributed by atoms with Gasteiger partial charge in [-0.1, -0.05) is 23.2 Å². The molecular weight excluding hydrogens is 325 g/mol. The molecule has 1 aromatic heterocycles. The second kappa shape index (κ2) is 6.75. The van der Waals surface area contributed by atoms with Crippen molar-refractivity contribution >= 4 is 34.9 Å². The normalized spacial score (nSPS) is 18.7. The van der Waals surface area contributed by atoms with Gasteiger partial charge in [0.1, 0.15) is 5.82 Å². The third kappa shape index (κ3) is 3.31. The van der Waals surface area contributed by atoms with Crippen LogP contribution in [0.3, 0.4) is 0 Å². The minimum atomic E-state index is -0.0190. The van der Waals surface area contributed by atoms with E-state index in [1.165, 1.54) is 0 Å². The number of carbonyl (C=O) groups is 1. The van der Waals surface area contributed by atoms with Crippen LogP contribution in [0.1, 0.15) is 12.8 Å². The maximum atomic E-state index is 12.4. The van der Waals surface area contributed by atoms with Gasteiger partial charge in [0.15, 0.2) is 5.76 Å². The number of amides is 1. The predicted octanol–water partition coefficient (Wildman–Crippen LogP) is 2.73. The number of allylic oxidation sites excluding steroid dienone is 1. The Labute approximate surface area is 139 Å². The zero-order valence-corrected chi connectivity index (χ0v) is 13.6. The minimum absolute atomic E-state index is 0.0190. The zero-order chi connectivity index (χ0) is 15.5. The Morgan fingerprint density at radius 2 is 2.00 bits per heavy atom. The second-order valence-corrected chi connectivity index (χ2v) is 6.14. The molecule has 0 aliphatic carbocycles. The minimum Gasteiger partial charge on any atom is -0.488 e. The summed E-state index contributed by atoms with van der Waals surface area (Å²) in [5, 5.41) is 1.05. The van der Waals surface area contributed by atoms with Gasteiger partial charge < -0.3 is 14.5 Å². The van der Waals surface area contributed by atoms with Crippen LogP contribution < -0.4 is 4.90 Å². The summed E-state index contributed by atoms with van der Waals surface area (Å²) in [4.78, 5) is 20.5. The van der Waals surface area contributed by atoms with Gasteiger partial charge >= 0.3 is 0 Å². The number of aromatic nitrogens is 1. The number of hydrogen-bond donors (Lipinski definition) is 0. The number of ether oxygens (including phenoxy) is 1. The van der Waals surface area contributed by atoms with E-state index in [2.05, 4.69) is 9.88 Å². The fourth-order valence-electron chi connectivity index (χ4n) is 2.62. The number of halogens is 2. The number of nitrogens with zero attached hydrogens (tertiary/aromatic N) is 3. The van der Waals surface area contributed by atoms with Gasteiger partial charge in [0.25, 0.3) is 5.91 Å². The summed E-state index contributed by atoms with van der Waals surface area (Å²) in [7, 11) is 0. The fourth-order valence-corrected chi connectivity index (χ4v) is 3.12. The molecule has 3 rings (SSSR count). The standard InChI is InChI=1S/C15H17Cl2N3O2/c16-11-9-12(17)14(18-10-11)19-4-6-20(7-5-19)15(21)13-3-1-2-8-22-13/h3,9-10H,1-2,4-8H2. The molecule has 0 unspecified atom stereocenters. The lowest BCUT2D eigenvalue weighted by Crippen LogP contribution is -2.49. The highest BCUT2D eigenvalue weighted by atomic mass is 35.5. The van der Waals surface area contributed by atoms with Crippen molar-refractivity contribution < 1.29 is 9.53 Å². The van der Waals surface area contributed by atoms with Crippen molar-refractivity contribution in [3.05, 3.63) is 34.1 Å². The average Bonchev–Trinajstić information content (AvgIpc) is 2.55. The lowest BCUT2D eigenvalue weighted by molar-refractivity contribution is -0.131. The molecule has 1 aromatic rings. The van der Waals surface area contributed by atoms with E-state index >= 15 is 0 Å². The predicted molar refractivity (Wildman–Crippen MR) is 86.3 cm³/mol. The summed E-state index contributed by atoms with van der Waals surface area (Å²) < 4.78 is 5.44. The number of piperazine rings is 1. The molecule has 0 atom stereocenters. The van der Waals surface area contributed by atoms with Gasteiger partial charge in [0, 0.05) is 32.4 Å². The molecule has 7 heteroatoms. The lowest BCUT2D eigenvalue weighted by Gasteiger charge is -2.36. The first-order valence-electron chi connectivity index (χ1n) is 7.33. The van der Waals surface area contributed by atoms with Gasteiger partial charge in [-0.15, -0.1) is 0 Å². The third-order valence-electron chi connectivity index (χ3n) is 3.80. The quantitative estimate of drug-likeness (QED) is 0.829. The van der Waals surface area contributed by atoms with Gasteiger partial charge in [0.05, 0.1) is 16.7 Å². The molecule has 22 heavy (non-hydrogen) atoms. The van der Waals surface area contributed by atoms with Crippen molar-refractivity contribution in [2.24, 2.45) is 0 Å². The molecule has 118 valence electrons. The number of carbonyl (C=O) groups excluding carboxylic acids is 1. The Morgan fingerprint density at radius 3 is 2.64 bits per heavy atom. The van der Waals surface area contributed by atoms with Crippen LogP contribution in [0, 0.1) is 0 Å². The molecule has 0 saturated carbocycles. The van der Waals surface area contributed by atoms with Crippen molar-refractivity contribution in [2.75, 3.05) is 37.7 Å². The zero-order valence-electron chi connectivity index (χ0n) is 12.1. The van der Waals surface area contributed by atoms with Crippen LogP contribution >= 0.6 is 23.2 Å². The second-order valence-electron chi connectivity index (χ2n) is 5.30. The van der Waals surface area contributed by atoms with E-state index in [9.17, 15) is 4.79 Å². The van der Waals surface area contributed by atoms with Crippen LogP contribution in [-0.4, -0.2) is 48.6 Å². The number of rotatable bonds is 2. The van der Waals surface area contributed by atoms with E-state index in [0.29, 0.717) is 54.4 Å². The first-order valence-corrected chi connectivity index (χ1v) is 8.09. The Balaban J connectivity index is 1.62. The maximum absolute atomic E-state index is 12.4. The molecule has 1 fully saturated rings. The smallest absolute Gasteiger partial charge is 0.288 e. The van der Waals surface area contributed by atoms with Gasteiger partial charge in [-0.3, -0.25) is 4.79 Å². The summed E-state index contributed by atoms with van der Waals surface area (Å²) in [6.45, 7) is 3.25. The number of anilines is 1. The Bertz CT molecular complexity index is 598. The van der Waals surface area contributed by atoms with E-state index in [-0.39, 0.29) is 5.91 Å². The van der Waals surface area contributed by atoms with Crippen LogP contribution in [0.5, 0.6) is 0 Å². The molecule has 0 bridgehead atoms. The van der Waals surface area contributed by atoms with Crippen LogP contribution in [0.4, 0.5) is 5.82 Å². The van der Waals surface area contributed by atoms with Crippen molar-refractivity contribution in [1.29, 1.82) is 0 Å². The van der Waals surface area contributed by atoms with Crippen LogP contribution in [0.2, 0.25) is 10.0 Å². The molecule has 5 nitrogen and oxygen atoms in total. The highest BCUT2D eigenvalue weighted by Gasteiger charge is 2.26. The van der Waals surface area contributed by atoms with Gasteiger partial charge in [-0.05, 0) is 25.0 Å².